The lowest BCUT2D eigenvalue weighted by molar-refractivity contribution is 0.244. The second-order valence-electron chi connectivity index (χ2n) is 5.46. The number of benzene rings is 1. The molecule has 1 rings (SSSR count). The van der Waals surface area contributed by atoms with Crippen molar-refractivity contribution in [1.82, 2.24) is 4.31 Å². The Bertz CT molecular complexity index is 551. The summed E-state index contributed by atoms with van der Waals surface area (Å²) < 4.78 is 27.1. The third kappa shape index (κ3) is 3.16. The molecule has 0 radical (unpaired) electrons. The van der Waals surface area contributed by atoms with Crippen molar-refractivity contribution >= 4 is 10.0 Å². The Morgan fingerprint density at radius 1 is 1.26 bits per heavy atom. The van der Waals surface area contributed by atoms with Gasteiger partial charge >= 0.3 is 0 Å². The zero-order valence-corrected chi connectivity index (χ0v) is 13.2. The molecule has 0 heterocycles. The summed E-state index contributed by atoms with van der Waals surface area (Å²) in [7, 11) is -3.52. The second-order valence-corrected chi connectivity index (χ2v) is 7.29. The van der Waals surface area contributed by atoms with Gasteiger partial charge in [-0.3, -0.25) is 0 Å². The van der Waals surface area contributed by atoms with Crippen LogP contribution in [0.4, 0.5) is 0 Å². The topological polar surface area (TPSA) is 63.4 Å². The zero-order chi connectivity index (χ0) is 14.8. The van der Waals surface area contributed by atoms with Crippen molar-refractivity contribution in [3.8, 4) is 0 Å². The van der Waals surface area contributed by atoms with E-state index in [9.17, 15) is 8.42 Å². The molecule has 0 amide bonds. The molecule has 0 fully saturated rings. The van der Waals surface area contributed by atoms with E-state index in [1.807, 2.05) is 46.8 Å². The molecule has 0 aliphatic carbocycles. The van der Waals surface area contributed by atoms with Gasteiger partial charge in [-0.05, 0) is 44.9 Å². The first kappa shape index (κ1) is 16.1. The lowest BCUT2D eigenvalue weighted by Crippen LogP contribution is -2.52. The number of aryl methyl sites for hydroxylation is 2. The summed E-state index contributed by atoms with van der Waals surface area (Å²) in [6.45, 7) is 9.92. The first-order chi connectivity index (χ1) is 8.66. The molecular formula is C14H24N2O2S. The van der Waals surface area contributed by atoms with Crippen LogP contribution in [0.5, 0.6) is 0 Å². The Hall–Kier alpha value is -0.910. The van der Waals surface area contributed by atoms with Crippen LogP contribution in [0.3, 0.4) is 0 Å². The summed E-state index contributed by atoms with van der Waals surface area (Å²) in [5.74, 6) is 0. The second kappa shape index (κ2) is 5.61. The van der Waals surface area contributed by atoms with Crippen LogP contribution in [-0.4, -0.2) is 31.4 Å². The van der Waals surface area contributed by atoms with Crippen LogP contribution in [0.25, 0.3) is 0 Å². The maximum atomic E-state index is 12.8. The molecule has 0 aliphatic rings. The predicted octanol–water partition coefficient (Wildman–Crippen LogP) is 2.05. The van der Waals surface area contributed by atoms with Crippen molar-refractivity contribution in [1.29, 1.82) is 0 Å². The highest BCUT2D eigenvalue weighted by Crippen LogP contribution is 2.26. The van der Waals surface area contributed by atoms with E-state index in [0.717, 1.165) is 11.1 Å². The average Bonchev–Trinajstić information content (AvgIpc) is 2.32. The van der Waals surface area contributed by atoms with Gasteiger partial charge in [-0.25, -0.2) is 8.42 Å². The molecule has 5 heteroatoms. The summed E-state index contributed by atoms with van der Waals surface area (Å²) in [4.78, 5) is 0.371. The normalized spacial score (nSPS) is 13.0. The maximum Gasteiger partial charge on any atom is 0.243 e. The minimum atomic E-state index is -3.52. The van der Waals surface area contributed by atoms with Gasteiger partial charge in [-0.2, -0.15) is 4.31 Å². The molecule has 0 atom stereocenters. The third-order valence-electron chi connectivity index (χ3n) is 3.37. The van der Waals surface area contributed by atoms with Gasteiger partial charge in [-0.15, -0.1) is 0 Å². The summed E-state index contributed by atoms with van der Waals surface area (Å²) in [5, 5.41) is 0. The molecule has 0 saturated carbocycles. The number of nitrogens with two attached hydrogens (primary N) is 1. The van der Waals surface area contributed by atoms with Crippen LogP contribution in [0.2, 0.25) is 0 Å². The highest BCUT2D eigenvalue weighted by molar-refractivity contribution is 7.89. The Kier molecular flexibility index (Phi) is 4.76. The van der Waals surface area contributed by atoms with Crippen LogP contribution in [0.1, 0.15) is 31.9 Å². The van der Waals surface area contributed by atoms with Gasteiger partial charge in [0.2, 0.25) is 10.0 Å². The van der Waals surface area contributed by atoms with E-state index in [1.165, 1.54) is 4.31 Å². The number of rotatable bonds is 5. The number of nitrogens with zero attached hydrogens (tertiary/aromatic N) is 1. The number of hydrogen-bond donors (Lipinski definition) is 1. The van der Waals surface area contributed by atoms with Crippen molar-refractivity contribution in [2.45, 2.75) is 45.1 Å². The summed E-state index contributed by atoms with van der Waals surface area (Å²) >= 11 is 0. The Morgan fingerprint density at radius 3 is 2.32 bits per heavy atom. The summed E-state index contributed by atoms with van der Waals surface area (Å²) in [6.07, 6.45) is 0. The van der Waals surface area contributed by atoms with Crippen molar-refractivity contribution in [2.75, 3.05) is 13.1 Å². The van der Waals surface area contributed by atoms with Crippen molar-refractivity contribution in [2.24, 2.45) is 5.73 Å². The van der Waals surface area contributed by atoms with E-state index >= 15 is 0 Å². The Morgan fingerprint density at radius 2 is 1.84 bits per heavy atom. The van der Waals surface area contributed by atoms with Crippen LogP contribution in [0, 0.1) is 13.8 Å². The van der Waals surface area contributed by atoms with E-state index in [2.05, 4.69) is 0 Å². The van der Waals surface area contributed by atoms with Gasteiger partial charge in [-0.1, -0.05) is 19.1 Å². The first-order valence-electron chi connectivity index (χ1n) is 6.47. The van der Waals surface area contributed by atoms with Gasteiger partial charge in [0.05, 0.1) is 4.90 Å². The maximum absolute atomic E-state index is 12.8. The van der Waals surface area contributed by atoms with E-state index in [0.29, 0.717) is 11.4 Å². The van der Waals surface area contributed by atoms with E-state index in [-0.39, 0.29) is 6.54 Å². The lowest BCUT2D eigenvalue weighted by Gasteiger charge is -2.36. The standard InChI is InChI=1S/C14H24N2O2S/c1-6-16(14(4,5)10-15)19(17,18)13-9-11(2)7-8-12(13)3/h7-9H,6,10,15H2,1-5H3. The van der Waals surface area contributed by atoms with E-state index in [1.54, 1.807) is 6.07 Å². The van der Waals surface area contributed by atoms with Crippen molar-refractivity contribution < 1.29 is 8.42 Å². The summed E-state index contributed by atoms with van der Waals surface area (Å²) in [6, 6.07) is 5.48. The van der Waals surface area contributed by atoms with Crippen molar-refractivity contribution in [3.63, 3.8) is 0 Å². The monoisotopic (exact) mass is 284 g/mol. The highest BCUT2D eigenvalue weighted by atomic mass is 32.2. The molecule has 1 aromatic carbocycles. The van der Waals surface area contributed by atoms with Crippen LogP contribution >= 0.6 is 0 Å². The van der Waals surface area contributed by atoms with Crippen LogP contribution < -0.4 is 5.73 Å². The van der Waals surface area contributed by atoms with Gasteiger partial charge in [0.15, 0.2) is 0 Å². The molecule has 19 heavy (non-hydrogen) atoms. The Labute approximate surface area is 116 Å². The fourth-order valence-corrected chi connectivity index (χ4v) is 4.24. The SMILES string of the molecule is CCN(C(C)(C)CN)S(=O)(=O)c1cc(C)ccc1C. The molecular weight excluding hydrogens is 260 g/mol. The molecule has 2 N–H and O–H groups in total. The fourth-order valence-electron chi connectivity index (χ4n) is 2.13. The molecule has 0 aliphatic heterocycles. The van der Waals surface area contributed by atoms with E-state index < -0.39 is 15.6 Å². The molecule has 0 unspecified atom stereocenters. The summed E-state index contributed by atoms with van der Waals surface area (Å²) in [5.41, 5.74) is 6.82. The number of hydrogen-bond acceptors (Lipinski definition) is 3. The average molecular weight is 284 g/mol. The minimum Gasteiger partial charge on any atom is -0.329 e. The molecule has 1 aromatic rings. The van der Waals surface area contributed by atoms with Gasteiger partial charge in [0, 0.05) is 18.6 Å². The molecule has 0 saturated heterocycles. The van der Waals surface area contributed by atoms with Crippen molar-refractivity contribution in [3.05, 3.63) is 29.3 Å². The van der Waals surface area contributed by atoms with E-state index in [4.69, 9.17) is 5.73 Å². The quantitative estimate of drug-likeness (QED) is 0.900. The smallest absolute Gasteiger partial charge is 0.243 e. The zero-order valence-electron chi connectivity index (χ0n) is 12.4. The molecule has 4 nitrogen and oxygen atoms in total. The fraction of sp³-hybridized carbons (Fsp3) is 0.571. The van der Waals surface area contributed by atoms with Crippen LogP contribution in [0.15, 0.2) is 23.1 Å². The minimum absolute atomic E-state index is 0.283. The third-order valence-corrected chi connectivity index (χ3v) is 5.70. The Balaban J connectivity index is 3.41. The lowest BCUT2D eigenvalue weighted by atomic mass is 10.1. The van der Waals surface area contributed by atoms with Gasteiger partial charge < -0.3 is 5.73 Å². The van der Waals surface area contributed by atoms with Gasteiger partial charge in [0.25, 0.3) is 0 Å². The van der Waals surface area contributed by atoms with Gasteiger partial charge in [0.1, 0.15) is 0 Å². The molecule has 0 bridgehead atoms. The van der Waals surface area contributed by atoms with Crippen LogP contribution in [-0.2, 0) is 10.0 Å². The number of sulfonamides is 1. The predicted molar refractivity (Wildman–Crippen MR) is 78.6 cm³/mol. The molecule has 0 spiro atoms. The molecule has 108 valence electrons. The molecule has 0 aromatic heterocycles. The largest absolute Gasteiger partial charge is 0.329 e. The first-order valence-corrected chi connectivity index (χ1v) is 7.91. The number of likely N-dealkylation sites (N-methyl/N-ethyl adjacent to an activating group) is 1. The highest BCUT2D eigenvalue weighted by Gasteiger charge is 2.35.